The Hall–Kier alpha value is -1.68. The molecule has 1 unspecified atom stereocenters. The van der Waals surface area contributed by atoms with E-state index in [0.29, 0.717) is 0 Å². The summed E-state index contributed by atoms with van der Waals surface area (Å²) in [4.78, 5) is 0. The third-order valence-corrected chi connectivity index (χ3v) is 3.38. The normalized spacial score (nSPS) is 12.6. The van der Waals surface area contributed by atoms with Gasteiger partial charge in [0.05, 0.1) is 6.20 Å². The highest BCUT2D eigenvalue weighted by atomic mass is 19.1. The maximum Gasteiger partial charge on any atom is 0.123 e. The summed E-state index contributed by atoms with van der Waals surface area (Å²) < 4.78 is 15.2. The predicted molar refractivity (Wildman–Crippen MR) is 79.2 cm³/mol. The van der Waals surface area contributed by atoms with Crippen LogP contribution >= 0.6 is 0 Å². The fraction of sp³-hybridized carbons (Fsp3) is 0.438. The van der Waals surface area contributed by atoms with E-state index in [4.69, 9.17) is 0 Å². The number of nitrogens with one attached hydrogen (secondary N) is 1. The van der Waals surface area contributed by atoms with E-state index in [0.717, 1.165) is 31.5 Å². The van der Waals surface area contributed by atoms with E-state index in [1.807, 2.05) is 25.5 Å². The van der Waals surface area contributed by atoms with Crippen molar-refractivity contribution in [2.75, 3.05) is 13.1 Å². The zero-order valence-electron chi connectivity index (χ0n) is 12.1. The average Bonchev–Trinajstić information content (AvgIpc) is 2.83. The highest BCUT2D eigenvalue weighted by molar-refractivity contribution is 5.23. The molecule has 1 aromatic heterocycles. The Kier molecular flexibility index (Phi) is 5.30. The number of aryl methyl sites for hydroxylation is 1. The van der Waals surface area contributed by atoms with E-state index in [9.17, 15) is 4.39 Å². The highest BCUT2D eigenvalue weighted by Gasteiger charge is 2.13. The molecule has 0 amide bonds. The van der Waals surface area contributed by atoms with Gasteiger partial charge in [-0.2, -0.15) is 5.10 Å². The first-order valence-electron chi connectivity index (χ1n) is 7.12. The fourth-order valence-corrected chi connectivity index (χ4v) is 2.38. The Morgan fingerprint density at radius 3 is 2.90 bits per heavy atom. The van der Waals surface area contributed by atoms with Gasteiger partial charge in [-0.1, -0.05) is 19.1 Å². The summed E-state index contributed by atoms with van der Waals surface area (Å²) in [6.45, 7) is 3.98. The molecule has 0 aliphatic rings. The largest absolute Gasteiger partial charge is 0.316 e. The molecular weight excluding hydrogens is 253 g/mol. The Balaban J connectivity index is 2.11. The lowest BCUT2D eigenvalue weighted by atomic mass is 9.93. The standard InChI is InChI=1S/C16H22FN3/c1-3-7-18-11-15(8-13-10-19-20(2)12-13)14-5-4-6-16(17)9-14/h4-6,9-10,12,15,18H,3,7-8,11H2,1-2H3. The van der Waals surface area contributed by atoms with E-state index in [1.54, 1.807) is 16.8 Å². The summed E-state index contributed by atoms with van der Waals surface area (Å²) in [6, 6.07) is 6.90. The maximum absolute atomic E-state index is 13.4. The number of nitrogens with zero attached hydrogens (tertiary/aromatic N) is 2. The molecule has 2 aromatic rings. The lowest BCUT2D eigenvalue weighted by Crippen LogP contribution is -2.23. The topological polar surface area (TPSA) is 29.9 Å². The van der Waals surface area contributed by atoms with Gasteiger partial charge in [0.1, 0.15) is 5.82 Å². The lowest BCUT2D eigenvalue weighted by molar-refractivity contribution is 0.568. The molecule has 0 radical (unpaired) electrons. The molecule has 108 valence electrons. The van der Waals surface area contributed by atoms with Crippen LogP contribution in [0.2, 0.25) is 0 Å². The van der Waals surface area contributed by atoms with Crippen LogP contribution in [-0.4, -0.2) is 22.9 Å². The number of benzene rings is 1. The first-order chi connectivity index (χ1) is 9.69. The second-order valence-electron chi connectivity index (χ2n) is 5.18. The summed E-state index contributed by atoms with van der Waals surface area (Å²) in [7, 11) is 1.91. The lowest BCUT2D eigenvalue weighted by Gasteiger charge is -2.17. The van der Waals surface area contributed by atoms with Gasteiger partial charge in [0, 0.05) is 25.7 Å². The van der Waals surface area contributed by atoms with E-state index in [1.165, 1.54) is 11.6 Å². The van der Waals surface area contributed by atoms with Crippen molar-refractivity contribution in [2.24, 2.45) is 7.05 Å². The number of halogens is 1. The molecule has 0 bridgehead atoms. The molecule has 1 N–H and O–H groups in total. The Morgan fingerprint density at radius 1 is 1.40 bits per heavy atom. The molecule has 0 fully saturated rings. The Morgan fingerprint density at radius 2 is 2.25 bits per heavy atom. The molecule has 0 saturated heterocycles. The van der Waals surface area contributed by atoms with Gasteiger partial charge in [-0.05, 0) is 42.6 Å². The van der Waals surface area contributed by atoms with Crippen molar-refractivity contribution < 1.29 is 4.39 Å². The summed E-state index contributed by atoms with van der Waals surface area (Å²) in [5.41, 5.74) is 2.22. The molecule has 0 spiro atoms. The van der Waals surface area contributed by atoms with Crippen LogP contribution < -0.4 is 5.32 Å². The molecule has 1 atom stereocenters. The molecule has 0 saturated carbocycles. The van der Waals surface area contributed by atoms with Crippen molar-refractivity contribution in [3.05, 3.63) is 53.6 Å². The van der Waals surface area contributed by atoms with E-state index >= 15 is 0 Å². The quantitative estimate of drug-likeness (QED) is 0.787. The van der Waals surface area contributed by atoms with Gasteiger partial charge in [-0.3, -0.25) is 4.68 Å². The van der Waals surface area contributed by atoms with E-state index < -0.39 is 0 Å². The van der Waals surface area contributed by atoms with Crippen LogP contribution in [0.5, 0.6) is 0 Å². The van der Waals surface area contributed by atoms with Crippen molar-refractivity contribution in [3.8, 4) is 0 Å². The number of hydrogen-bond donors (Lipinski definition) is 1. The van der Waals surface area contributed by atoms with Crippen molar-refractivity contribution in [1.29, 1.82) is 0 Å². The van der Waals surface area contributed by atoms with Gasteiger partial charge in [0.2, 0.25) is 0 Å². The summed E-state index contributed by atoms with van der Waals surface area (Å²) >= 11 is 0. The van der Waals surface area contributed by atoms with Gasteiger partial charge in [-0.15, -0.1) is 0 Å². The molecule has 1 heterocycles. The highest BCUT2D eigenvalue weighted by Crippen LogP contribution is 2.21. The molecule has 0 aliphatic carbocycles. The van der Waals surface area contributed by atoms with Crippen molar-refractivity contribution in [3.63, 3.8) is 0 Å². The second-order valence-corrected chi connectivity index (χ2v) is 5.18. The van der Waals surface area contributed by atoms with Crippen LogP contribution in [-0.2, 0) is 13.5 Å². The van der Waals surface area contributed by atoms with Crippen LogP contribution in [0.3, 0.4) is 0 Å². The van der Waals surface area contributed by atoms with Crippen molar-refractivity contribution in [1.82, 2.24) is 15.1 Å². The van der Waals surface area contributed by atoms with Crippen LogP contribution in [0.1, 0.15) is 30.4 Å². The molecular formula is C16H22FN3. The molecule has 20 heavy (non-hydrogen) atoms. The average molecular weight is 275 g/mol. The van der Waals surface area contributed by atoms with Gasteiger partial charge in [0.15, 0.2) is 0 Å². The third-order valence-electron chi connectivity index (χ3n) is 3.38. The fourth-order valence-electron chi connectivity index (χ4n) is 2.38. The zero-order valence-corrected chi connectivity index (χ0v) is 12.1. The third kappa shape index (κ3) is 4.17. The minimum absolute atomic E-state index is 0.172. The second kappa shape index (κ2) is 7.20. The number of rotatable bonds is 7. The van der Waals surface area contributed by atoms with Gasteiger partial charge >= 0.3 is 0 Å². The molecule has 4 heteroatoms. The molecule has 3 nitrogen and oxygen atoms in total. The summed E-state index contributed by atoms with van der Waals surface area (Å²) in [6.07, 6.45) is 5.87. The predicted octanol–water partition coefficient (Wildman–Crippen LogP) is 2.89. The van der Waals surface area contributed by atoms with Crippen molar-refractivity contribution >= 4 is 0 Å². The zero-order chi connectivity index (χ0) is 14.4. The smallest absolute Gasteiger partial charge is 0.123 e. The van der Waals surface area contributed by atoms with Crippen LogP contribution in [0.4, 0.5) is 4.39 Å². The van der Waals surface area contributed by atoms with Gasteiger partial charge in [0.25, 0.3) is 0 Å². The maximum atomic E-state index is 13.4. The molecule has 1 aromatic carbocycles. The van der Waals surface area contributed by atoms with Crippen LogP contribution in [0, 0.1) is 5.82 Å². The Labute approximate surface area is 119 Å². The van der Waals surface area contributed by atoms with Gasteiger partial charge < -0.3 is 5.32 Å². The molecule has 0 aliphatic heterocycles. The first kappa shape index (κ1) is 14.7. The van der Waals surface area contributed by atoms with E-state index in [2.05, 4.69) is 17.3 Å². The Bertz CT molecular complexity index is 536. The minimum Gasteiger partial charge on any atom is -0.316 e. The van der Waals surface area contributed by atoms with Crippen molar-refractivity contribution in [2.45, 2.75) is 25.7 Å². The van der Waals surface area contributed by atoms with E-state index in [-0.39, 0.29) is 11.7 Å². The SMILES string of the molecule is CCCNCC(Cc1cnn(C)c1)c1cccc(F)c1. The van der Waals surface area contributed by atoms with Crippen LogP contribution in [0.25, 0.3) is 0 Å². The van der Waals surface area contributed by atoms with Crippen LogP contribution in [0.15, 0.2) is 36.7 Å². The number of aromatic nitrogens is 2. The summed E-state index contributed by atoms with van der Waals surface area (Å²) in [5.74, 6) is 0.0932. The minimum atomic E-state index is -0.172. The first-order valence-corrected chi connectivity index (χ1v) is 7.12. The summed E-state index contributed by atoms with van der Waals surface area (Å²) in [5, 5.41) is 7.63. The van der Waals surface area contributed by atoms with Gasteiger partial charge in [-0.25, -0.2) is 4.39 Å². The molecule has 2 rings (SSSR count). The monoisotopic (exact) mass is 275 g/mol. The number of hydrogen-bond acceptors (Lipinski definition) is 2.